The zero-order chi connectivity index (χ0) is 32.0. The number of carbonyl (C=O) groups excluding carboxylic acids is 2. The Balaban J connectivity index is 1.47. The Kier molecular flexibility index (Phi) is 9.88. The molecule has 0 bridgehead atoms. The van der Waals surface area contributed by atoms with Crippen LogP contribution in [0.3, 0.4) is 0 Å². The second-order valence-electron chi connectivity index (χ2n) is 11.5. The summed E-state index contributed by atoms with van der Waals surface area (Å²) in [7, 11) is 3.78. The van der Waals surface area contributed by atoms with E-state index in [0.717, 1.165) is 17.2 Å². The van der Waals surface area contributed by atoms with E-state index in [1.165, 1.54) is 0 Å². The van der Waals surface area contributed by atoms with Crippen molar-refractivity contribution in [2.75, 3.05) is 33.7 Å². The lowest BCUT2D eigenvalue weighted by molar-refractivity contribution is -0.142. The normalized spacial score (nSPS) is 18.1. The molecule has 1 saturated heterocycles. The largest absolute Gasteiger partial charge is 0.489 e. The molecule has 5 rings (SSSR count). The molecule has 4 aromatic carbocycles. The number of hydrogen-bond acceptors (Lipinski definition) is 5. The molecule has 1 aliphatic heterocycles. The van der Waals surface area contributed by atoms with Crippen LogP contribution in [-0.2, 0) is 28.2 Å². The molecule has 1 aliphatic rings. The van der Waals surface area contributed by atoms with Gasteiger partial charge in [-0.15, -0.1) is 0 Å². The summed E-state index contributed by atoms with van der Waals surface area (Å²) >= 11 is 0. The molecule has 234 valence electrons. The summed E-state index contributed by atoms with van der Waals surface area (Å²) in [4.78, 5) is 30.6. The van der Waals surface area contributed by atoms with Crippen LogP contribution >= 0.6 is 0 Å². The van der Waals surface area contributed by atoms with Gasteiger partial charge in [0.25, 0.3) is 0 Å². The van der Waals surface area contributed by atoms with Crippen molar-refractivity contribution in [1.29, 1.82) is 0 Å². The first-order chi connectivity index (χ1) is 21.6. The predicted octanol–water partition coefficient (Wildman–Crippen LogP) is 6.39. The van der Waals surface area contributed by atoms with Crippen molar-refractivity contribution >= 4 is 11.9 Å². The molecule has 2 unspecified atom stereocenters. The number of piperidine rings is 1. The Hall–Kier alpha value is -4.63. The van der Waals surface area contributed by atoms with Gasteiger partial charge in [0, 0.05) is 43.6 Å². The Morgan fingerprint density at radius 2 is 1.56 bits per heavy atom. The SMILES string of the molecule is CN(C)CC1CN(C(=O)Cc2cc(F)c(F)cc2F)CCC1(OC(=O)c1ccccc1)c1cccc(OCc2ccccc2)c1. The van der Waals surface area contributed by atoms with Crippen LogP contribution in [0.25, 0.3) is 0 Å². The monoisotopic (exact) mass is 616 g/mol. The zero-order valence-electron chi connectivity index (χ0n) is 25.2. The van der Waals surface area contributed by atoms with Crippen molar-refractivity contribution < 1.29 is 32.2 Å². The van der Waals surface area contributed by atoms with E-state index in [9.17, 15) is 22.8 Å². The summed E-state index contributed by atoms with van der Waals surface area (Å²) in [5, 5.41) is 0. The van der Waals surface area contributed by atoms with Crippen LogP contribution in [-0.4, -0.2) is 55.4 Å². The van der Waals surface area contributed by atoms with Crippen LogP contribution in [0.2, 0.25) is 0 Å². The predicted molar refractivity (Wildman–Crippen MR) is 164 cm³/mol. The Morgan fingerprint density at radius 1 is 0.867 bits per heavy atom. The molecule has 4 aromatic rings. The molecule has 1 heterocycles. The summed E-state index contributed by atoms with van der Waals surface area (Å²) in [5.74, 6) is -4.26. The van der Waals surface area contributed by atoms with Gasteiger partial charge in [0.15, 0.2) is 11.6 Å². The first kappa shape index (κ1) is 31.8. The lowest BCUT2D eigenvalue weighted by atomic mass is 9.75. The summed E-state index contributed by atoms with van der Waals surface area (Å²) in [6.07, 6.45) is -0.185. The van der Waals surface area contributed by atoms with Crippen molar-refractivity contribution in [3.8, 4) is 5.75 Å². The van der Waals surface area contributed by atoms with Gasteiger partial charge < -0.3 is 19.3 Å². The molecular weight excluding hydrogens is 581 g/mol. The highest BCUT2D eigenvalue weighted by molar-refractivity contribution is 5.89. The number of ether oxygens (including phenoxy) is 2. The number of carbonyl (C=O) groups is 2. The number of hydrogen-bond donors (Lipinski definition) is 0. The van der Waals surface area contributed by atoms with Gasteiger partial charge in [0.2, 0.25) is 5.91 Å². The lowest BCUT2D eigenvalue weighted by Gasteiger charge is -2.48. The maximum atomic E-state index is 14.4. The van der Waals surface area contributed by atoms with Crippen molar-refractivity contribution in [2.24, 2.45) is 5.92 Å². The van der Waals surface area contributed by atoms with Gasteiger partial charge in [-0.25, -0.2) is 18.0 Å². The van der Waals surface area contributed by atoms with Crippen molar-refractivity contribution in [3.63, 3.8) is 0 Å². The molecule has 0 aliphatic carbocycles. The molecular formula is C36H35F3N2O4. The van der Waals surface area contributed by atoms with Gasteiger partial charge >= 0.3 is 5.97 Å². The molecule has 0 spiro atoms. The van der Waals surface area contributed by atoms with E-state index in [1.54, 1.807) is 29.2 Å². The van der Waals surface area contributed by atoms with Crippen LogP contribution in [0.15, 0.2) is 97.1 Å². The fourth-order valence-corrected chi connectivity index (χ4v) is 5.82. The van der Waals surface area contributed by atoms with Crippen LogP contribution in [0, 0.1) is 23.4 Å². The van der Waals surface area contributed by atoms with Gasteiger partial charge in [-0.05, 0) is 55.6 Å². The topological polar surface area (TPSA) is 59.1 Å². The van der Waals surface area contributed by atoms with Crippen LogP contribution < -0.4 is 4.74 Å². The summed E-state index contributed by atoms with van der Waals surface area (Å²) in [5.41, 5.74) is 0.752. The minimum Gasteiger partial charge on any atom is -0.489 e. The zero-order valence-corrected chi connectivity index (χ0v) is 25.2. The third-order valence-electron chi connectivity index (χ3n) is 8.08. The maximum Gasteiger partial charge on any atom is 0.339 e. The highest BCUT2D eigenvalue weighted by Crippen LogP contribution is 2.43. The quantitative estimate of drug-likeness (QED) is 0.153. The number of likely N-dealkylation sites (tertiary alicyclic amines) is 1. The standard InChI is InChI=1S/C36H35F3N2O4/c1-40(2)22-29-23-41(34(42)19-27-18-32(38)33(39)21-31(27)37)17-16-36(29,45-35(43)26-12-7-4-8-13-26)28-14-9-15-30(20-28)44-24-25-10-5-3-6-11-25/h3-15,18,20-21,29H,16-17,19,22-24H2,1-2H3. The molecule has 0 saturated carbocycles. The van der Waals surface area contributed by atoms with E-state index in [2.05, 4.69) is 0 Å². The van der Waals surface area contributed by atoms with E-state index in [0.29, 0.717) is 30.5 Å². The molecule has 6 nitrogen and oxygen atoms in total. The van der Waals surface area contributed by atoms with Crippen molar-refractivity contribution in [3.05, 3.63) is 137 Å². The number of benzene rings is 4. The number of esters is 1. The fraction of sp³-hybridized carbons (Fsp3) is 0.278. The number of nitrogens with zero attached hydrogens (tertiary/aromatic N) is 2. The molecule has 2 atom stereocenters. The average Bonchev–Trinajstić information content (AvgIpc) is 3.04. The summed E-state index contributed by atoms with van der Waals surface area (Å²) in [6, 6.07) is 27.1. The number of halogens is 3. The van der Waals surface area contributed by atoms with Crippen LogP contribution in [0.4, 0.5) is 13.2 Å². The van der Waals surface area contributed by atoms with Crippen molar-refractivity contribution in [1.82, 2.24) is 9.80 Å². The highest BCUT2D eigenvalue weighted by atomic mass is 19.2. The lowest BCUT2D eigenvalue weighted by Crippen LogP contribution is -2.56. The molecule has 1 fully saturated rings. The fourth-order valence-electron chi connectivity index (χ4n) is 5.82. The molecule has 0 aromatic heterocycles. The van der Waals surface area contributed by atoms with E-state index < -0.39 is 47.3 Å². The van der Waals surface area contributed by atoms with Gasteiger partial charge in [-0.1, -0.05) is 60.7 Å². The molecule has 1 amide bonds. The minimum absolute atomic E-state index is 0.180. The third kappa shape index (κ3) is 7.54. The number of rotatable bonds is 10. The second-order valence-corrected chi connectivity index (χ2v) is 11.5. The molecule has 9 heteroatoms. The Morgan fingerprint density at radius 3 is 2.27 bits per heavy atom. The third-order valence-corrected chi connectivity index (χ3v) is 8.08. The summed E-state index contributed by atoms with van der Waals surface area (Å²) < 4.78 is 54.4. The first-order valence-electron chi connectivity index (χ1n) is 14.8. The number of amides is 1. The van der Waals surface area contributed by atoms with Crippen molar-refractivity contribution in [2.45, 2.75) is 25.0 Å². The van der Waals surface area contributed by atoms with Gasteiger partial charge in [-0.2, -0.15) is 0 Å². The Labute approximate surface area is 261 Å². The van der Waals surface area contributed by atoms with Gasteiger partial charge in [0.1, 0.15) is 23.8 Å². The van der Waals surface area contributed by atoms with E-state index in [-0.39, 0.29) is 25.1 Å². The maximum absolute atomic E-state index is 14.4. The minimum atomic E-state index is -1.31. The second kappa shape index (κ2) is 14.0. The van der Waals surface area contributed by atoms with E-state index in [4.69, 9.17) is 9.47 Å². The van der Waals surface area contributed by atoms with Crippen LogP contribution in [0.5, 0.6) is 5.75 Å². The average molecular weight is 617 g/mol. The molecule has 0 radical (unpaired) electrons. The highest BCUT2D eigenvalue weighted by Gasteiger charge is 2.49. The Bertz CT molecular complexity index is 1630. The van der Waals surface area contributed by atoms with E-state index >= 15 is 0 Å². The van der Waals surface area contributed by atoms with E-state index in [1.807, 2.05) is 79.7 Å². The van der Waals surface area contributed by atoms with Gasteiger partial charge in [0.05, 0.1) is 12.0 Å². The first-order valence-corrected chi connectivity index (χ1v) is 14.8. The smallest absolute Gasteiger partial charge is 0.339 e. The summed E-state index contributed by atoms with van der Waals surface area (Å²) in [6.45, 7) is 1.16. The van der Waals surface area contributed by atoms with Crippen LogP contribution in [0.1, 0.15) is 33.5 Å². The molecule has 0 N–H and O–H groups in total. The molecule has 45 heavy (non-hydrogen) atoms. The van der Waals surface area contributed by atoms with Gasteiger partial charge in [-0.3, -0.25) is 4.79 Å².